The normalized spacial score (nSPS) is 20.6. The summed E-state index contributed by atoms with van der Waals surface area (Å²) in [5.74, 6) is 0.0624. The van der Waals surface area contributed by atoms with E-state index in [1.165, 1.54) is 0 Å². The molecular weight excluding hydrogens is 406 g/mol. The van der Waals surface area contributed by atoms with E-state index in [-0.39, 0.29) is 10.7 Å². The highest BCUT2D eigenvalue weighted by Gasteiger charge is 2.31. The topological polar surface area (TPSA) is 59.2 Å². The van der Waals surface area contributed by atoms with Gasteiger partial charge in [-0.3, -0.25) is 4.79 Å². The van der Waals surface area contributed by atoms with Crippen LogP contribution in [0.5, 0.6) is 0 Å². The zero-order valence-corrected chi connectivity index (χ0v) is 12.8. The van der Waals surface area contributed by atoms with Crippen LogP contribution in [0.1, 0.15) is 6.42 Å². The molecule has 1 fully saturated rings. The van der Waals surface area contributed by atoms with Crippen LogP contribution in [0.15, 0.2) is 15.3 Å². The van der Waals surface area contributed by atoms with Crippen LogP contribution in [0.3, 0.4) is 0 Å². The molecule has 1 aromatic heterocycles. The van der Waals surface area contributed by atoms with E-state index in [1.54, 1.807) is 11.1 Å². The lowest BCUT2D eigenvalue weighted by Crippen LogP contribution is -2.26. The molecule has 16 heavy (non-hydrogen) atoms. The summed E-state index contributed by atoms with van der Waals surface area (Å²) >= 11 is 10.1. The number of pyridine rings is 1. The number of nitrogen functional groups attached to an aromatic ring is 1. The van der Waals surface area contributed by atoms with Crippen molar-refractivity contribution in [2.24, 2.45) is 0 Å². The van der Waals surface area contributed by atoms with Gasteiger partial charge in [0.05, 0.1) is 15.8 Å². The first-order valence-corrected chi connectivity index (χ1v) is 7.04. The van der Waals surface area contributed by atoms with E-state index in [9.17, 15) is 4.79 Å². The van der Waals surface area contributed by atoms with Crippen molar-refractivity contribution in [1.29, 1.82) is 0 Å². The Morgan fingerprint density at radius 1 is 1.50 bits per heavy atom. The minimum absolute atomic E-state index is 0.0624. The molecule has 0 spiro atoms. The Labute approximate surface area is 118 Å². The number of anilines is 2. The fourth-order valence-electron chi connectivity index (χ4n) is 1.62. The van der Waals surface area contributed by atoms with Gasteiger partial charge in [0.25, 0.3) is 0 Å². The third-order valence-electron chi connectivity index (χ3n) is 2.34. The maximum Gasteiger partial charge on any atom is 0.228 e. The lowest BCUT2D eigenvalue weighted by atomic mass is 10.3. The standard InChI is InChI=1S/C9H8Br3N3O/c10-4-1-6(16)15(3-4)8-5(11)2-14-9(12)7(8)13/h2,4H,1,3,13H2. The summed E-state index contributed by atoms with van der Waals surface area (Å²) in [7, 11) is 0. The first-order chi connectivity index (χ1) is 7.50. The van der Waals surface area contributed by atoms with Crippen LogP contribution in [-0.4, -0.2) is 22.3 Å². The van der Waals surface area contributed by atoms with Crippen molar-refractivity contribution in [2.45, 2.75) is 11.2 Å². The van der Waals surface area contributed by atoms with Crippen LogP contribution < -0.4 is 10.6 Å². The van der Waals surface area contributed by atoms with Gasteiger partial charge in [-0.2, -0.15) is 0 Å². The summed E-state index contributed by atoms with van der Waals surface area (Å²) in [6.45, 7) is 0.623. The fourth-order valence-corrected chi connectivity index (χ4v) is 3.01. The lowest BCUT2D eigenvalue weighted by molar-refractivity contribution is -0.117. The molecule has 7 heteroatoms. The minimum atomic E-state index is 0.0624. The highest BCUT2D eigenvalue weighted by molar-refractivity contribution is 9.11. The van der Waals surface area contributed by atoms with E-state index < -0.39 is 0 Å². The molecule has 86 valence electrons. The van der Waals surface area contributed by atoms with E-state index in [4.69, 9.17) is 5.73 Å². The van der Waals surface area contributed by atoms with Gasteiger partial charge < -0.3 is 10.6 Å². The molecule has 1 aromatic rings. The molecule has 4 nitrogen and oxygen atoms in total. The summed E-state index contributed by atoms with van der Waals surface area (Å²) < 4.78 is 1.28. The van der Waals surface area contributed by atoms with Gasteiger partial charge in [0, 0.05) is 24.0 Å². The molecule has 0 aliphatic carbocycles. The average Bonchev–Trinajstić information content (AvgIpc) is 2.53. The lowest BCUT2D eigenvalue weighted by Gasteiger charge is -2.20. The second kappa shape index (κ2) is 4.62. The second-order valence-corrected chi connectivity index (χ2v) is 6.37. The molecule has 1 aliphatic rings. The first-order valence-electron chi connectivity index (χ1n) is 4.54. The maximum atomic E-state index is 11.8. The number of alkyl halides is 1. The van der Waals surface area contributed by atoms with Gasteiger partial charge in [-0.05, 0) is 31.9 Å². The van der Waals surface area contributed by atoms with Crippen molar-refractivity contribution in [3.8, 4) is 0 Å². The number of nitrogens with zero attached hydrogens (tertiary/aromatic N) is 2. The Hall–Kier alpha value is -0.140. The zero-order chi connectivity index (χ0) is 11.9. The Morgan fingerprint density at radius 3 is 2.75 bits per heavy atom. The largest absolute Gasteiger partial charge is 0.395 e. The number of rotatable bonds is 1. The number of carbonyl (C=O) groups excluding carboxylic acids is 1. The molecule has 0 bridgehead atoms. The van der Waals surface area contributed by atoms with Crippen molar-refractivity contribution in [3.63, 3.8) is 0 Å². The number of hydrogen-bond donors (Lipinski definition) is 1. The van der Waals surface area contributed by atoms with Crippen LogP contribution in [-0.2, 0) is 4.79 Å². The van der Waals surface area contributed by atoms with Crippen LogP contribution in [0.25, 0.3) is 0 Å². The van der Waals surface area contributed by atoms with Crippen LogP contribution in [0, 0.1) is 0 Å². The fraction of sp³-hybridized carbons (Fsp3) is 0.333. The molecule has 2 heterocycles. The maximum absolute atomic E-state index is 11.8. The number of aromatic nitrogens is 1. The van der Waals surface area contributed by atoms with Crippen molar-refractivity contribution in [2.75, 3.05) is 17.2 Å². The highest BCUT2D eigenvalue weighted by Crippen LogP contribution is 2.38. The molecule has 1 unspecified atom stereocenters. The Balaban J connectivity index is 2.48. The van der Waals surface area contributed by atoms with Gasteiger partial charge in [-0.15, -0.1) is 0 Å². The monoisotopic (exact) mass is 411 g/mol. The third-order valence-corrected chi connectivity index (χ3v) is 4.17. The van der Waals surface area contributed by atoms with Crippen LogP contribution >= 0.6 is 47.8 Å². The number of hydrogen-bond acceptors (Lipinski definition) is 3. The van der Waals surface area contributed by atoms with Crippen molar-refractivity contribution < 1.29 is 4.79 Å². The first kappa shape index (κ1) is 12.3. The predicted molar refractivity (Wildman–Crippen MR) is 73.7 cm³/mol. The molecule has 0 aromatic carbocycles. The quantitative estimate of drug-likeness (QED) is 0.569. The summed E-state index contributed by atoms with van der Waals surface area (Å²) in [5, 5.41) is 0. The molecule has 2 rings (SSSR count). The van der Waals surface area contributed by atoms with Gasteiger partial charge >= 0.3 is 0 Å². The second-order valence-electron chi connectivity index (χ2n) is 3.46. The average molecular weight is 414 g/mol. The van der Waals surface area contributed by atoms with Crippen molar-refractivity contribution in [1.82, 2.24) is 4.98 Å². The smallest absolute Gasteiger partial charge is 0.228 e. The summed E-state index contributed by atoms with van der Waals surface area (Å²) in [6, 6.07) is 0. The number of amides is 1. The number of nitrogens with two attached hydrogens (primary N) is 1. The Morgan fingerprint density at radius 2 is 2.19 bits per heavy atom. The van der Waals surface area contributed by atoms with E-state index in [1.807, 2.05) is 0 Å². The molecule has 0 radical (unpaired) electrons. The van der Waals surface area contributed by atoms with Gasteiger partial charge in [-0.25, -0.2) is 4.98 Å². The van der Waals surface area contributed by atoms with Gasteiger partial charge in [0.1, 0.15) is 4.60 Å². The van der Waals surface area contributed by atoms with Gasteiger partial charge in [0.2, 0.25) is 5.91 Å². The minimum Gasteiger partial charge on any atom is -0.395 e. The van der Waals surface area contributed by atoms with Crippen molar-refractivity contribution in [3.05, 3.63) is 15.3 Å². The molecule has 1 aliphatic heterocycles. The molecule has 1 amide bonds. The highest BCUT2D eigenvalue weighted by atomic mass is 79.9. The van der Waals surface area contributed by atoms with Crippen LogP contribution in [0.4, 0.5) is 11.4 Å². The van der Waals surface area contributed by atoms with Crippen LogP contribution in [0.2, 0.25) is 0 Å². The Kier molecular flexibility index (Phi) is 3.56. The SMILES string of the molecule is Nc1c(Br)ncc(Br)c1N1CC(Br)CC1=O. The van der Waals surface area contributed by atoms with E-state index in [0.29, 0.717) is 28.9 Å². The molecular formula is C9H8Br3N3O. The van der Waals surface area contributed by atoms with Gasteiger partial charge in [-0.1, -0.05) is 15.9 Å². The predicted octanol–water partition coefficient (Wildman–Crippen LogP) is 2.69. The summed E-state index contributed by atoms with van der Waals surface area (Å²) in [5.41, 5.74) is 7.09. The number of halogens is 3. The van der Waals surface area contributed by atoms with E-state index >= 15 is 0 Å². The van der Waals surface area contributed by atoms with E-state index in [0.717, 1.165) is 4.47 Å². The summed E-state index contributed by atoms with van der Waals surface area (Å²) in [6.07, 6.45) is 2.12. The van der Waals surface area contributed by atoms with Gasteiger partial charge in [0.15, 0.2) is 0 Å². The summed E-state index contributed by atoms with van der Waals surface area (Å²) in [4.78, 5) is 17.7. The molecule has 1 atom stereocenters. The van der Waals surface area contributed by atoms with E-state index in [2.05, 4.69) is 52.8 Å². The zero-order valence-electron chi connectivity index (χ0n) is 8.08. The molecule has 2 N–H and O–H groups in total. The number of carbonyl (C=O) groups is 1. The Bertz CT molecular complexity index is 452. The molecule has 0 saturated carbocycles. The molecule has 1 saturated heterocycles. The third kappa shape index (κ3) is 2.12. The van der Waals surface area contributed by atoms with Crippen molar-refractivity contribution >= 4 is 65.1 Å².